The average Bonchev–Trinajstić information content (AvgIpc) is 2.11. The smallest absolute Gasteiger partial charge is 1.00 e. The quantitative estimate of drug-likeness (QED) is 0.201. The third-order valence-corrected chi connectivity index (χ3v) is 3.69. The molecule has 0 aliphatic carbocycles. The van der Waals surface area contributed by atoms with Crippen molar-refractivity contribution in [2.24, 2.45) is 11.5 Å². The number of nitrogens with two attached hydrogens (primary N) is 2. The van der Waals surface area contributed by atoms with Crippen LogP contribution in [0.1, 0.15) is 2.85 Å². The number of hydrogen-bond acceptors (Lipinski definition) is 6. The molecule has 0 aromatic rings. The van der Waals surface area contributed by atoms with E-state index in [1.54, 1.807) is 0 Å². The fourth-order valence-electron chi connectivity index (χ4n) is 0.385. The van der Waals surface area contributed by atoms with E-state index in [0.717, 1.165) is 0 Å². The molecule has 0 bridgehead atoms. The number of hydrogen-bond donors (Lipinski definition) is 4. The molecule has 0 radical (unpaired) electrons. The van der Waals surface area contributed by atoms with Crippen molar-refractivity contribution in [3.8, 4) is 0 Å². The summed E-state index contributed by atoms with van der Waals surface area (Å²) in [4.78, 5) is 20.5. The molecule has 0 saturated carbocycles. The largest absolute Gasteiger partial charge is 1.00 e. The molecule has 0 saturated heterocycles. The van der Waals surface area contributed by atoms with Crippen LogP contribution in [-0.2, 0) is 9.59 Å². The van der Waals surface area contributed by atoms with Crippen LogP contribution in [0, 0.1) is 0 Å². The first-order chi connectivity index (χ1) is 6.45. The van der Waals surface area contributed by atoms with Crippen LogP contribution < -0.4 is 49.2 Å². The second kappa shape index (κ2) is 12.2. The van der Waals surface area contributed by atoms with Gasteiger partial charge in [-0.1, -0.05) is 21.6 Å². The molecule has 86 valence electrons. The zero-order chi connectivity index (χ0) is 11.1. The van der Waals surface area contributed by atoms with E-state index in [2.05, 4.69) is 0 Å². The molecule has 16 heavy (non-hydrogen) atoms. The van der Waals surface area contributed by atoms with E-state index in [1.807, 2.05) is 0 Å². The van der Waals surface area contributed by atoms with Gasteiger partial charge in [0.05, 0.1) is 0 Å². The summed E-state index contributed by atoms with van der Waals surface area (Å²) in [5, 5.41) is 16.8. The second-order valence-electron chi connectivity index (χ2n) is 2.46. The molecule has 0 fully saturated rings. The van der Waals surface area contributed by atoms with Crippen LogP contribution in [0.4, 0.5) is 0 Å². The first-order valence-electron chi connectivity index (χ1n) is 3.66. The molecule has 6 N–H and O–H groups in total. The van der Waals surface area contributed by atoms with Gasteiger partial charge in [0, 0.05) is 11.5 Å². The maximum atomic E-state index is 10.3. The van der Waals surface area contributed by atoms with Crippen molar-refractivity contribution in [1.29, 1.82) is 0 Å². The van der Waals surface area contributed by atoms with E-state index < -0.39 is 24.0 Å². The van der Waals surface area contributed by atoms with Gasteiger partial charge in [-0.15, -0.1) is 0 Å². The van der Waals surface area contributed by atoms with Gasteiger partial charge in [0.15, 0.2) is 0 Å². The van der Waals surface area contributed by atoms with E-state index >= 15 is 0 Å². The van der Waals surface area contributed by atoms with Crippen molar-refractivity contribution < 1.29 is 60.4 Å². The van der Waals surface area contributed by atoms with Crippen LogP contribution >= 0.6 is 21.6 Å². The number of aliphatic carboxylic acids is 2. The summed E-state index contributed by atoms with van der Waals surface area (Å²) in [7, 11) is 2.41. The van der Waals surface area contributed by atoms with Gasteiger partial charge in [0.2, 0.25) is 0 Å². The number of carboxylic acid groups (broad SMARTS) is 2. The van der Waals surface area contributed by atoms with Gasteiger partial charge in [0.1, 0.15) is 12.1 Å². The molecule has 0 aromatic heterocycles. The zero-order valence-corrected chi connectivity index (χ0v) is 10.9. The summed E-state index contributed by atoms with van der Waals surface area (Å²) in [5.41, 5.74) is 10.4. The van der Waals surface area contributed by atoms with Crippen LogP contribution in [0.5, 0.6) is 0 Å². The Bertz CT molecular complexity index is 210. The Morgan fingerprint density at radius 2 is 1.25 bits per heavy atom. The van der Waals surface area contributed by atoms with Crippen molar-refractivity contribution in [1.82, 2.24) is 0 Å². The van der Waals surface area contributed by atoms with Gasteiger partial charge in [0.25, 0.3) is 0 Å². The molecule has 0 aliphatic rings. The molecule has 0 rings (SSSR count). The molecule has 0 amide bonds. The van der Waals surface area contributed by atoms with Gasteiger partial charge >= 0.3 is 49.7 Å². The minimum Gasteiger partial charge on any atom is -1.00 e. The molecule has 0 aromatic carbocycles. The maximum Gasteiger partial charge on any atom is 1.00 e. The summed E-state index contributed by atoms with van der Waals surface area (Å²) < 4.78 is 0. The molecular weight excluding hydrogens is 242 g/mol. The zero-order valence-electron chi connectivity index (χ0n) is 11.3. The van der Waals surface area contributed by atoms with Gasteiger partial charge < -0.3 is 24.5 Å². The number of carboxylic acids is 2. The average molecular weight is 256 g/mol. The molecule has 0 spiro atoms. The van der Waals surface area contributed by atoms with Crippen molar-refractivity contribution >= 4 is 33.5 Å². The van der Waals surface area contributed by atoms with Gasteiger partial charge in [-0.05, 0) is 0 Å². The van der Waals surface area contributed by atoms with Crippen molar-refractivity contribution in [3.63, 3.8) is 0 Å². The fourth-order valence-corrected chi connectivity index (χ4v) is 2.61. The maximum absolute atomic E-state index is 10.3. The van der Waals surface area contributed by atoms with Crippen LogP contribution in [0.15, 0.2) is 0 Å². The van der Waals surface area contributed by atoms with E-state index in [9.17, 15) is 9.59 Å². The summed E-state index contributed by atoms with van der Waals surface area (Å²) in [5.74, 6) is -1.68. The van der Waals surface area contributed by atoms with Gasteiger partial charge in [-0.25, -0.2) is 0 Å². The first-order valence-corrected chi connectivity index (χ1v) is 6.15. The molecule has 2 unspecified atom stereocenters. The monoisotopic (exact) mass is 256 g/mol. The van der Waals surface area contributed by atoms with Gasteiger partial charge in [-0.3, -0.25) is 9.59 Å². The van der Waals surface area contributed by atoms with Crippen LogP contribution in [0.25, 0.3) is 0 Å². The van der Waals surface area contributed by atoms with E-state index in [-0.39, 0.29) is 52.1 Å². The molecule has 0 aliphatic heterocycles. The van der Waals surface area contributed by atoms with Gasteiger partial charge in [-0.2, -0.15) is 0 Å². The minimum atomic E-state index is -1.07. The van der Waals surface area contributed by atoms with E-state index in [1.165, 1.54) is 21.6 Å². The Labute approximate surface area is 128 Å². The Balaban J connectivity index is -0.000000141. The Kier molecular flexibility index (Phi) is 16.8. The first kappa shape index (κ1) is 22.0. The number of carbonyl (C=O) groups is 2. The van der Waals surface area contributed by atoms with Crippen molar-refractivity contribution in [2.75, 3.05) is 11.5 Å². The molecule has 2 atom stereocenters. The molecule has 10 heteroatoms. The number of rotatable bonds is 7. The Morgan fingerprint density at radius 1 is 1.00 bits per heavy atom. The summed E-state index contributed by atoms with van der Waals surface area (Å²) in [6, 6.07) is -1.85. The van der Waals surface area contributed by atoms with E-state index in [4.69, 9.17) is 21.7 Å². The topological polar surface area (TPSA) is 127 Å². The van der Waals surface area contributed by atoms with E-state index in [0.29, 0.717) is 0 Å². The standard InChI is InChI=1S/C6H12N2O4S2.2Li.2H/c7-3(5(9)10)1-13-14-2-4(8)6(11)12;;;;/h3-4H,1-2,7-8H2,(H,9,10)(H,11,12);;;;/q;2*+1;2*-1. The summed E-state index contributed by atoms with van der Waals surface area (Å²) >= 11 is 0. The summed E-state index contributed by atoms with van der Waals surface area (Å²) in [6.45, 7) is 0. The second-order valence-corrected chi connectivity index (χ2v) is 5.01. The third kappa shape index (κ3) is 11.2. The predicted molar refractivity (Wildman–Crippen MR) is 58.4 cm³/mol. The Morgan fingerprint density at radius 3 is 1.44 bits per heavy atom. The fraction of sp³-hybridized carbons (Fsp3) is 0.667. The Hall–Kier alpha value is 0.755. The van der Waals surface area contributed by atoms with Crippen LogP contribution in [-0.4, -0.2) is 45.7 Å². The van der Waals surface area contributed by atoms with Crippen LogP contribution in [0.2, 0.25) is 0 Å². The molecule has 6 nitrogen and oxygen atoms in total. The normalized spacial score (nSPS) is 12.9. The summed E-state index contributed by atoms with van der Waals surface area (Å²) in [6.07, 6.45) is 0. The third-order valence-electron chi connectivity index (χ3n) is 1.21. The van der Waals surface area contributed by atoms with Crippen LogP contribution in [0.3, 0.4) is 0 Å². The SMILES string of the molecule is NC(CSSCC(N)C(=O)O)C(=O)O.[H-].[H-].[Li+].[Li+]. The minimum absolute atomic E-state index is 0. The predicted octanol–water partition coefficient (Wildman–Crippen LogP) is -6.58. The van der Waals surface area contributed by atoms with Crippen molar-refractivity contribution in [2.45, 2.75) is 12.1 Å². The molecular formula is C6H14Li2N2O4S2. The van der Waals surface area contributed by atoms with Crippen molar-refractivity contribution in [3.05, 3.63) is 0 Å². The molecule has 0 heterocycles.